The molecule has 0 saturated heterocycles. The van der Waals surface area contributed by atoms with E-state index in [0.29, 0.717) is 23.8 Å². The van der Waals surface area contributed by atoms with Gasteiger partial charge in [-0.25, -0.2) is 23.2 Å². The summed E-state index contributed by atoms with van der Waals surface area (Å²) >= 11 is 0. The standard InChI is InChI=1S/C28H37F2NO8/c1-14(2)19-10-5-15(3)11-21(19)39-26(35)38-16(4)37-25(34)28(31)22(12-20-23(28)27(20,30)24(32)33)36-13-17-6-8-18(29)9-7-17/h6-9,14-16,19-23H,5,10-13,31H2,1-4H3,(H,32,33)/t15-,16+,19+,20-,21-,22-,23+,27-,28+/m1/s1. The molecule has 0 radical (unpaired) electrons. The van der Waals surface area contributed by atoms with Crippen molar-refractivity contribution < 1.29 is 47.2 Å². The monoisotopic (exact) mass is 553 g/mol. The number of carbonyl (C=O) groups excluding carboxylic acids is 2. The zero-order valence-corrected chi connectivity index (χ0v) is 22.6. The van der Waals surface area contributed by atoms with E-state index in [9.17, 15) is 23.9 Å². The second kappa shape index (κ2) is 11.0. The van der Waals surface area contributed by atoms with Crippen molar-refractivity contribution in [3.05, 3.63) is 35.6 Å². The van der Waals surface area contributed by atoms with Gasteiger partial charge in [0.25, 0.3) is 0 Å². The minimum atomic E-state index is -2.70. The molecule has 0 unspecified atom stereocenters. The van der Waals surface area contributed by atoms with E-state index >= 15 is 4.39 Å². The molecule has 3 aliphatic rings. The Kier molecular flexibility index (Phi) is 8.23. The molecule has 216 valence electrons. The highest BCUT2D eigenvalue weighted by molar-refractivity contribution is 5.91. The number of halogens is 2. The molecule has 39 heavy (non-hydrogen) atoms. The first kappa shape index (κ1) is 29.2. The molecule has 3 N–H and O–H groups in total. The van der Waals surface area contributed by atoms with E-state index in [0.717, 1.165) is 12.8 Å². The van der Waals surface area contributed by atoms with Crippen LogP contribution < -0.4 is 5.73 Å². The molecule has 9 nitrogen and oxygen atoms in total. The first-order valence-electron chi connectivity index (χ1n) is 13.4. The molecule has 3 fully saturated rings. The van der Waals surface area contributed by atoms with Gasteiger partial charge in [-0.1, -0.05) is 39.3 Å². The summed E-state index contributed by atoms with van der Waals surface area (Å²) < 4.78 is 50.3. The normalized spacial score (nSPS) is 36.1. The third-order valence-electron chi connectivity index (χ3n) is 8.59. The third-order valence-corrected chi connectivity index (χ3v) is 8.59. The van der Waals surface area contributed by atoms with Crippen molar-refractivity contribution in [2.45, 2.75) is 89.7 Å². The Morgan fingerprint density at radius 1 is 1.10 bits per heavy atom. The highest BCUT2D eigenvalue weighted by atomic mass is 19.1. The first-order valence-corrected chi connectivity index (χ1v) is 13.4. The second-order valence-electron chi connectivity index (χ2n) is 11.6. The minimum Gasteiger partial charge on any atom is -0.479 e. The summed E-state index contributed by atoms with van der Waals surface area (Å²) in [5, 5.41) is 9.44. The molecule has 1 aromatic carbocycles. The van der Waals surface area contributed by atoms with E-state index in [1.807, 2.05) is 0 Å². The maximum Gasteiger partial charge on any atom is 0.511 e. The van der Waals surface area contributed by atoms with E-state index in [-0.39, 0.29) is 25.0 Å². The van der Waals surface area contributed by atoms with Crippen molar-refractivity contribution in [1.82, 2.24) is 0 Å². The molecule has 0 heterocycles. The van der Waals surface area contributed by atoms with Crippen molar-refractivity contribution in [2.75, 3.05) is 0 Å². The number of ether oxygens (including phenoxy) is 4. The molecule has 0 aliphatic heterocycles. The van der Waals surface area contributed by atoms with Crippen molar-refractivity contribution in [3.8, 4) is 0 Å². The lowest BCUT2D eigenvalue weighted by Crippen LogP contribution is -2.61. The topological polar surface area (TPSA) is 134 Å². The number of esters is 1. The lowest BCUT2D eigenvalue weighted by Gasteiger charge is -2.36. The Bertz CT molecular complexity index is 1080. The Balaban J connectivity index is 1.41. The van der Waals surface area contributed by atoms with Gasteiger partial charge in [-0.2, -0.15) is 0 Å². The number of carboxylic acid groups (broad SMARTS) is 1. The van der Waals surface area contributed by atoms with Gasteiger partial charge in [-0.3, -0.25) is 0 Å². The van der Waals surface area contributed by atoms with Crippen LogP contribution in [0.5, 0.6) is 0 Å². The number of alkyl halides is 1. The van der Waals surface area contributed by atoms with Crippen molar-refractivity contribution in [2.24, 2.45) is 35.3 Å². The van der Waals surface area contributed by atoms with Crippen LogP contribution in [0.15, 0.2) is 24.3 Å². The number of carboxylic acids is 1. The number of fused-ring (bicyclic) bond motifs is 1. The molecule has 0 spiro atoms. The van der Waals surface area contributed by atoms with Crippen LogP contribution in [-0.4, -0.2) is 52.9 Å². The second-order valence-corrected chi connectivity index (χ2v) is 11.6. The molecule has 4 rings (SSSR count). The number of rotatable bonds is 9. The number of carbonyl (C=O) groups is 3. The fourth-order valence-corrected chi connectivity index (χ4v) is 6.39. The van der Waals surface area contributed by atoms with Gasteiger partial charge in [0, 0.05) is 18.8 Å². The molecular formula is C28H37F2NO8. The highest BCUT2D eigenvalue weighted by Crippen LogP contribution is 2.67. The summed E-state index contributed by atoms with van der Waals surface area (Å²) in [6, 6.07) is 5.44. The van der Waals surface area contributed by atoms with Gasteiger partial charge >= 0.3 is 18.1 Å². The maximum absolute atomic E-state index is 15.2. The zero-order valence-electron chi connectivity index (χ0n) is 22.6. The molecule has 0 amide bonds. The zero-order chi connectivity index (χ0) is 28.7. The predicted molar refractivity (Wildman–Crippen MR) is 133 cm³/mol. The van der Waals surface area contributed by atoms with Crippen LogP contribution in [0.3, 0.4) is 0 Å². The predicted octanol–water partition coefficient (Wildman–Crippen LogP) is 4.35. The average molecular weight is 554 g/mol. The molecule has 3 saturated carbocycles. The molecule has 1 aromatic rings. The van der Waals surface area contributed by atoms with Gasteiger partial charge in [0.05, 0.1) is 12.7 Å². The highest BCUT2D eigenvalue weighted by Gasteiger charge is 2.85. The number of benzene rings is 1. The molecule has 11 heteroatoms. The Morgan fingerprint density at radius 2 is 1.77 bits per heavy atom. The summed E-state index contributed by atoms with van der Waals surface area (Å²) in [4.78, 5) is 37.4. The summed E-state index contributed by atoms with van der Waals surface area (Å²) in [7, 11) is 0. The van der Waals surface area contributed by atoms with Crippen LogP contribution in [0, 0.1) is 35.4 Å². The van der Waals surface area contributed by atoms with E-state index in [1.165, 1.54) is 31.2 Å². The van der Waals surface area contributed by atoms with E-state index in [4.69, 9.17) is 24.7 Å². The van der Waals surface area contributed by atoms with Gasteiger partial charge in [0.15, 0.2) is 0 Å². The van der Waals surface area contributed by atoms with Gasteiger partial charge in [-0.15, -0.1) is 0 Å². The fourth-order valence-electron chi connectivity index (χ4n) is 6.39. The van der Waals surface area contributed by atoms with Crippen molar-refractivity contribution in [3.63, 3.8) is 0 Å². The molecular weight excluding hydrogens is 516 g/mol. The Labute approximate surface area is 226 Å². The number of aliphatic carboxylic acids is 1. The SMILES string of the molecule is CC(C)[C@@H]1CC[C@@H](C)C[C@H]1OC(=O)O[C@@H](C)OC(=O)[C@@]1(N)[C@H]2[C@@H](C[C@H]1OCc1ccc(F)cc1)[C@]2(F)C(=O)O. The van der Waals surface area contributed by atoms with Crippen LogP contribution in [-0.2, 0) is 35.1 Å². The van der Waals surface area contributed by atoms with Crippen LogP contribution in [0.1, 0.15) is 58.9 Å². The van der Waals surface area contributed by atoms with E-state index < -0.39 is 59.3 Å². The Morgan fingerprint density at radius 3 is 2.38 bits per heavy atom. The van der Waals surface area contributed by atoms with Gasteiger partial charge < -0.3 is 29.8 Å². The lowest BCUT2D eigenvalue weighted by atomic mass is 9.75. The maximum atomic E-state index is 15.2. The van der Waals surface area contributed by atoms with E-state index in [2.05, 4.69) is 20.8 Å². The number of nitrogens with two attached hydrogens (primary N) is 1. The third kappa shape index (κ3) is 5.61. The largest absolute Gasteiger partial charge is 0.511 e. The molecule has 0 bridgehead atoms. The smallest absolute Gasteiger partial charge is 0.479 e. The van der Waals surface area contributed by atoms with Gasteiger partial charge in [0.2, 0.25) is 12.0 Å². The van der Waals surface area contributed by atoms with Gasteiger partial charge in [-0.05, 0) is 54.7 Å². The minimum absolute atomic E-state index is 0.0712. The quantitative estimate of drug-likeness (QED) is 0.338. The summed E-state index contributed by atoms with van der Waals surface area (Å²) in [6.45, 7) is 7.44. The average Bonchev–Trinajstić information content (AvgIpc) is 3.33. The lowest BCUT2D eigenvalue weighted by molar-refractivity contribution is -0.184. The number of hydrogen-bond donors (Lipinski definition) is 2. The number of hydrogen-bond acceptors (Lipinski definition) is 8. The van der Waals surface area contributed by atoms with Crippen LogP contribution in [0.4, 0.5) is 13.6 Å². The Hall–Kier alpha value is -2.79. The summed E-state index contributed by atoms with van der Waals surface area (Å²) in [6.07, 6.45) is -1.32. The van der Waals surface area contributed by atoms with Crippen LogP contribution in [0.2, 0.25) is 0 Å². The van der Waals surface area contributed by atoms with Crippen molar-refractivity contribution in [1.29, 1.82) is 0 Å². The molecule has 9 atom stereocenters. The molecule has 0 aromatic heterocycles. The van der Waals surface area contributed by atoms with E-state index in [1.54, 1.807) is 0 Å². The van der Waals surface area contributed by atoms with Crippen molar-refractivity contribution >= 4 is 18.1 Å². The van der Waals surface area contributed by atoms with Crippen LogP contribution in [0.25, 0.3) is 0 Å². The van der Waals surface area contributed by atoms with Crippen LogP contribution >= 0.6 is 0 Å². The van der Waals surface area contributed by atoms with Gasteiger partial charge in [0.1, 0.15) is 17.5 Å². The summed E-state index contributed by atoms with van der Waals surface area (Å²) in [5.41, 5.74) is 2.12. The fraction of sp³-hybridized carbons (Fsp3) is 0.679. The first-order chi connectivity index (χ1) is 18.3. The molecule has 3 aliphatic carbocycles. The summed E-state index contributed by atoms with van der Waals surface area (Å²) in [5.74, 6) is -4.86.